The van der Waals surface area contributed by atoms with Gasteiger partial charge in [-0.2, -0.15) is 0 Å². The summed E-state index contributed by atoms with van der Waals surface area (Å²) < 4.78 is 0. The molecular weight excluding hydrogens is 447 g/mol. The average Bonchev–Trinajstić information content (AvgIpc) is 3.33. The van der Waals surface area contributed by atoms with Crippen LogP contribution in [-0.4, -0.2) is 23.6 Å². The standard InChI is InChI=1S/C25H18Cl2N2O3/c26-17-12-11-16(13-18(17)27)29-24(31)19-20(25(29)32)22(23(30)15-9-5-2-6-10-15)28-21(19)14-7-3-1-4-8-14/h1-13,19-22,28H/t19-,20+,21-,22?/m0/s1. The zero-order valence-electron chi connectivity index (χ0n) is 16.7. The van der Waals surface area contributed by atoms with Crippen molar-refractivity contribution in [3.63, 3.8) is 0 Å². The van der Waals surface area contributed by atoms with Crippen LogP contribution in [0.15, 0.2) is 78.9 Å². The fourth-order valence-electron chi connectivity index (χ4n) is 4.68. The second-order valence-corrected chi connectivity index (χ2v) is 8.74. The molecule has 2 aliphatic rings. The van der Waals surface area contributed by atoms with Crippen LogP contribution in [0.1, 0.15) is 22.0 Å². The van der Waals surface area contributed by atoms with E-state index in [9.17, 15) is 14.4 Å². The number of fused-ring (bicyclic) bond motifs is 1. The molecule has 0 radical (unpaired) electrons. The Balaban J connectivity index is 1.59. The van der Waals surface area contributed by atoms with E-state index in [4.69, 9.17) is 23.2 Å². The van der Waals surface area contributed by atoms with Gasteiger partial charge in [0.1, 0.15) is 0 Å². The number of Topliss-reactive ketones (excluding diaryl/α,β-unsaturated/α-hetero) is 1. The zero-order chi connectivity index (χ0) is 22.4. The minimum absolute atomic E-state index is 0.212. The first kappa shape index (κ1) is 20.9. The topological polar surface area (TPSA) is 66.5 Å². The summed E-state index contributed by atoms with van der Waals surface area (Å²) in [6, 6.07) is 21.6. The lowest BCUT2D eigenvalue weighted by atomic mass is 9.84. The number of amides is 2. The van der Waals surface area contributed by atoms with Crippen molar-refractivity contribution in [2.45, 2.75) is 12.1 Å². The number of anilines is 1. The molecule has 5 rings (SSSR count). The van der Waals surface area contributed by atoms with E-state index in [0.29, 0.717) is 16.3 Å². The van der Waals surface area contributed by atoms with Gasteiger partial charge < -0.3 is 0 Å². The lowest BCUT2D eigenvalue weighted by Crippen LogP contribution is -2.43. The third kappa shape index (κ3) is 3.34. The molecule has 5 nitrogen and oxygen atoms in total. The molecule has 4 atom stereocenters. The lowest BCUT2D eigenvalue weighted by Gasteiger charge is -2.22. The Bertz CT molecular complexity index is 1220. The Morgan fingerprint density at radius 1 is 0.781 bits per heavy atom. The van der Waals surface area contributed by atoms with E-state index >= 15 is 0 Å². The summed E-state index contributed by atoms with van der Waals surface area (Å²) in [5.74, 6) is -2.52. The SMILES string of the molecule is O=C(c1ccccc1)C1N[C@@H](c2ccccc2)[C@H]2C(=O)N(c3ccc(Cl)c(Cl)c3)C(=O)[C@@H]12. The van der Waals surface area contributed by atoms with Gasteiger partial charge in [0.25, 0.3) is 0 Å². The number of halogens is 2. The molecule has 160 valence electrons. The van der Waals surface area contributed by atoms with Crippen LogP contribution in [0.25, 0.3) is 0 Å². The number of rotatable bonds is 4. The molecule has 3 aromatic carbocycles. The second kappa shape index (κ2) is 8.17. The van der Waals surface area contributed by atoms with E-state index < -0.39 is 29.8 Å². The molecule has 32 heavy (non-hydrogen) atoms. The quantitative estimate of drug-likeness (QED) is 0.449. The van der Waals surface area contributed by atoms with Crippen LogP contribution in [0, 0.1) is 11.8 Å². The van der Waals surface area contributed by atoms with Gasteiger partial charge in [0.2, 0.25) is 11.8 Å². The van der Waals surface area contributed by atoms with Gasteiger partial charge in [-0.05, 0) is 23.8 Å². The molecule has 3 aromatic rings. The third-order valence-electron chi connectivity index (χ3n) is 6.14. The van der Waals surface area contributed by atoms with Crippen LogP contribution >= 0.6 is 23.2 Å². The summed E-state index contributed by atoms with van der Waals surface area (Å²) in [4.78, 5) is 41.6. The largest absolute Gasteiger partial charge is 0.299 e. The summed E-state index contributed by atoms with van der Waals surface area (Å²) in [5.41, 5.74) is 1.69. The number of carbonyl (C=O) groups excluding carboxylic acids is 3. The predicted molar refractivity (Wildman–Crippen MR) is 123 cm³/mol. The third-order valence-corrected chi connectivity index (χ3v) is 6.88. The van der Waals surface area contributed by atoms with Crippen molar-refractivity contribution in [3.05, 3.63) is 100 Å². The number of nitrogens with zero attached hydrogens (tertiary/aromatic N) is 1. The maximum Gasteiger partial charge on any atom is 0.239 e. The summed E-state index contributed by atoms with van der Waals surface area (Å²) >= 11 is 12.2. The lowest BCUT2D eigenvalue weighted by molar-refractivity contribution is -0.123. The Kier molecular flexibility index (Phi) is 5.33. The zero-order valence-corrected chi connectivity index (χ0v) is 18.3. The minimum atomic E-state index is -0.824. The van der Waals surface area contributed by atoms with Gasteiger partial charge in [-0.1, -0.05) is 83.9 Å². The first-order valence-corrected chi connectivity index (χ1v) is 11.0. The van der Waals surface area contributed by atoms with E-state index in [1.54, 1.807) is 36.4 Å². The molecule has 2 heterocycles. The van der Waals surface area contributed by atoms with Crippen molar-refractivity contribution in [2.75, 3.05) is 4.90 Å². The first-order valence-electron chi connectivity index (χ1n) is 10.2. The van der Waals surface area contributed by atoms with Crippen LogP contribution in [0.4, 0.5) is 5.69 Å². The number of imide groups is 1. The maximum absolute atomic E-state index is 13.6. The van der Waals surface area contributed by atoms with Crippen LogP contribution in [0.5, 0.6) is 0 Å². The first-order chi connectivity index (χ1) is 15.5. The summed E-state index contributed by atoms with van der Waals surface area (Å²) in [5, 5.41) is 3.87. The molecule has 0 saturated carbocycles. The molecule has 0 aliphatic carbocycles. The molecule has 7 heteroatoms. The smallest absolute Gasteiger partial charge is 0.239 e. The van der Waals surface area contributed by atoms with Crippen molar-refractivity contribution < 1.29 is 14.4 Å². The van der Waals surface area contributed by atoms with E-state index in [0.717, 1.165) is 10.5 Å². The van der Waals surface area contributed by atoms with Crippen molar-refractivity contribution in [1.82, 2.24) is 5.32 Å². The minimum Gasteiger partial charge on any atom is -0.299 e. The normalized spacial score (nSPS) is 24.6. The Morgan fingerprint density at radius 2 is 1.41 bits per heavy atom. The van der Waals surface area contributed by atoms with Crippen molar-refractivity contribution in [3.8, 4) is 0 Å². The highest BCUT2D eigenvalue weighted by atomic mass is 35.5. The number of hydrogen-bond donors (Lipinski definition) is 1. The van der Waals surface area contributed by atoms with Crippen molar-refractivity contribution in [1.29, 1.82) is 0 Å². The van der Waals surface area contributed by atoms with Gasteiger partial charge in [-0.3, -0.25) is 19.7 Å². The highest BCUT2D eigenvalue weighted by Crippen LogP contribution is 2.46. The molecule has 2 saturated heterocycles. The maximum atomic E-state index is 13.6. The van der Waals surface area contributed by atoms with Gasteiger partial charge in [0.05, 0.1) is 33.6 Å². The van der Waals surface area contributed by atoms with Crippen LogP contribution < -0.4 is 10.2 Å². The fourth-order valence-corrected chi connectivity index (χ4v) is 4.97. The van der Waals surface area contributed by atoms with Crippen LogP contribution in [-0.2, 0) is 9.59 Å². The monoisotopic (exact) mass is 464 g/mol. The average molecular weight is 465 g/mol. The van der Waals surface area contributed by atoms with E-state index in [1.165, 1.54) is 6.07 Å². The molecule has 2 fully saturated rings. The van der Waals surface area contributed by atoms with Gasteiger partial charge >= 0.3 is 0 Å². The number of hydrogen-bond acceptors (Lipinski definition) is 4. The summed E-state index contributed by atoms with van der Waals surface area (Å²) in [6.45, 7) is 0. The van der Waals surface area contributed by atoms with Crippen LogP contribution in [0.3, 0.4) is 0 Å². The van der Waals surface area contributed by atoms with Crippen molar-refractivity contribution in [2.24, 2.45) is 11.8 Å². The molecular formula is C25H18Cl2N2O3. The number of ketones is 1. The predicted octanol–water partition coefficient (Wildman–Crippen LogP) is 4.70. The van der Waals surface area contributed by atoms with E-state index in [1.807, 2.05) is 36.4 Å². The van der Waals surface area contributed by atoms with Crippen molar-refractivity contribution >= 4 is 46.5 Å². The fraction of sp³-hybridized carbons (Fsp3) is 0.160. The molecule has 1 unspecified atom stereocenters. The van der Waals surface area contributed by atoms with Gasteiger partial charge in [-0.15, -0.1) is 0 Å². The van der Waals surface area contributed by atoms with Crippen LogP contribution in [0.2, 0.25) is 10.0 Å². The van der Waals surface area contributed by atoms with E-state index in [2.05, 4.69) is 5.32 Å². The molecule has 0 bridgehead atoms. The molecule has 0 aromatic heterocycles. The second-order valence-electron chi connectivity index (χ2n) is 7.92. The molecule has 0 spiro atoms. The molecule has 2 amide bonds. The summed E-state index contributed by atoms with van der Waals surface area (Å²) in [7, 11) is 0. The van der Waals surface area contributed by atoms with Gasteiger partial charge in [0.15, 0.2) is 5.78 Å². The van der Waals surface area contributed by atoms with Gasteiger partial charge in [0, 0.05) is 11.6 Å². The number of benzene rings is 3. The number of carbonyl (C=O) groups is 3. The van der Waals surface area contributed by atoms with Gasteiger partial charge in [-0.25, -0.2) is 4.90 Å². The molecule has 1 N–H and O–H groups in total. The van der Waals surface area contributed by atoms with E-state index in [-0.39, 0.29) is 16.7 Å². The Hall–Kier alpha value is -2.99. The molecule has 2 aliphatic heterocycles. The highest BCUT2D eigenvalue weighted by Gasteiger charge is 2.61. The highest BCUT2D eigenvalue weighted by molar-refractivity contribution is 6.42. The number of nitrogens with one attached hydrogen (secondary N) is 1. The Morgan fingerprint density at radius 3 is 2.06 bits per heavy atom. The summed E-state index contributed by atoms with van der Waals surface area (Å²) in [6.07, 6.45) is 0. The Labute approximate surface area is 194 Å².